The number of anilines is 3. The van der Waals surface area contributed by atoms with E-state index in [1.165, 1.54) is 30.8 Å². The van der Waals surface area contributed by atoms with Crippen LogP contribution in [0, 0.1) is 5.92 Å². The molecule has 0 bridgehead atoms. The second kappa shape index (κ2) is 11.8. The van der Waals surface area contributed by atoms with Gasteiger partial charge in [-0.2, -0.15) is 9.29 Å². The maximum Gasteiger partial charge on any atom is 0.273 e. The van der Waals surface area contributed by atoms with E-state index in [4.69, 9.17) is 9.26 Å². The maximum absolute atomic E-state index is 12.5. The Morgan fingerprint density at radius 1 is 1.12 bits per heavy atom. The molecule has 5 rings (SSSR count). The first-order valence-electron chi connectivity index (χ1n) is 13.0. The summed E-state index contributed by atoms with van der Waals surface area (Å²) in [5, 5.41) is 20.6. The summed E-state index contributed by atoms with van der Waals surface area (Å²) in [7, 11) is -0.241. The average Bonchev–Trinajstić information content (AvgIpc) is 3.71. The lowest BCUT2D eigenvalue weighted by atomic mass is 10.1. The van der Waals surface area contributed by atoms with Gasteiger partial charge in [0.25, 0.3) is 11.8 Å². The van der Waals surface area contributed by atoms with Gasteiger partial charge >= 0.3 is 0 Å². The quantitative estimate of drug-likeness (QED) is 0.308. The third-order valence-corrected chi connectivity index (χ3v) is 8.09. The first kappa shape index (κ1) is 28.4. The molecule has 1 saturated heterocycles. The number of methoxy groups -OCH3 is 1. The summed E-state index contributed by atoms with van der Waals surface area (Å²) in [6.07, 6.45) is 2.88. The molecule has 1 aliphatic heterocycles. The zero-order valence-electron chi connectivity index (χ0n) is 22.9. The molecule has 0 atom stereocenters. The number of amides is 2. The summed E-state index contributed by atoms with van der Waals surface area (Å²) in [5.74, 6) is 0.645. The van der Waals surface area contributed by atoms with Gasteiger partial charge in [-0.05, 0) is 25.0 Å². The third kappa shape index (κ3) is 6.61. The van der Waals surface area contributed by atoms with Crippen molar-refractivity contribution in [3.63, 3.8) is 0 Å². The van der Waals surface area contributed by atoms with E-state index in [0.29, 0.717) is 61.2 Å². The Kier molecular flexibility index (Phi) is 8.14. The number of rotatable bonds is 10. The second-order valence-corrected chi connectivity index (χ2v) is 11.8. The molecule has 41 heavy (non-hydrogen) atoms. The van der Waals surface area contributed by atoms with Crippen molar-refractivity contribution in [2.75, 3.05) is 57.2 Å². The van der Waals surface area contributed by atoms with Gasteiger partial charge in [0.05, 0.1) is 36.8 Å². The smallest absolute Gasteiger partial charge is 0.273 e. The van der Waals surface area contributed by atoms with Gasteiger partial charge in [-0.1, -0.05) is 11.2 Å². The molecule has 0 radical (unpaired) electrons. The van der Waals surface area contributed by atoms with Gasteiger partial charge in [0.1, 0.15) is 0 Å². The zero-order chi connectivity index (χ0) is 29.1. The van der Waals surface area contributed by atoms with Crippen LogP contribution in [0.15, 0.2) is 28.8 Å². The Morgan fingerprint density at radius 2 is 1.88 bits per heavy atom. The standard InChI is InChI=1S/C25H31N9O6S/c1-26-24(36)21-18(13-19(30-31-21)28-23(35)15-7-8-15)27-17-6-4-5-16(22(17)39-2)25-29-20(32-40-25)14-33-9-11-34(12-10-33)41(3,37)38/h4-6,13,15H,7-12,14H2,1-3H3,(H,26,36)(H2,27,28,30,35). The number of aromatic nitrogens is 4. The minimum absolute atomic E-state index is 0.0278. The van der Waals surface area contributed by atoms with Crippen molar-refractivity contribution in [3.8, 4) is 17.2 Å². The SMILES string of the molecule is CNC(=O)c1nnc(NC(=O)C2CC2)cc1Nc1cccc(-c2nc(CN3CCN(S(C)(=O)=O)CC3)no2)c1OC. The number of ether oxygens (including phenoxy) is 1. The first-order valence-corrected chi connectivity index (χ1v) is 14.9. The molecule has 3 heterocycles. The van der Waals surface area contributed by atoms with Crippen LogP contribution in [-0.4, -0.2) is 96.4 Å². The molecule has 1 aliphatic carbocycles. The molecule has 2 amide bonds. The van der Waals surface area contributed by atoms with E-state index in [2.05, 4.69) is 41.2 Å². The molecule has 1 aromatic carbocycles. The largest absolute Gasteiger partial charge is 0.494 e. The van der Waals surface area contributed by atoms with E-state index in [9.17, 15) is 18.0 Å². The van der Waals surface area contributed by atoms with Crippen molar-refractivity contribution in [1.29, 1.82) is 0 Å². The molecule has 3 N–H and O–H groups in total. The van der Waals surface area contributed by atoms with E-state index in [1.54, 1.807) is 18.2 Å². The van der Waals surface area contributed by atoms with E-state index in [-0.39, 0.29) is 29.2 Å². The highest BCUT2D eigenvalue weighted by atomic mass is 32.2. The van der Waals surface area contributed by atoms with Crippen LogP contribution in [0.3, 0.4) is 0 Å². The molecule has 3 aromatic rings. The summed E-state index contributed by atoms with van der Waals surface area (Å²) in [6.45, 7) is 2.31. The van der Waals surface area contributed by atoms with Crippen LogP contribution in [0.1, 0.15) is 29.2 Å². The van der Waals surface area contributed by atoms with Gasteiger partial charge in [0, 0.05) is 45.2 Å². The van der Waals surface area contributed by atoms with Crippen molar-refractivity contribution in [1.82, 2.24) is 34.9 Å². The fourth-order valence-corrected chi connectivity index (χ4v) is 5.25. The van der Waals surface area contributed by atoms with Crippen molar-refractivity contribution in [2.24, 2.45) is 5.92 Å². The summed E-state index contributed by atoms with van der Waals surface area (Å²) in [5.41, 5.74) is 1.34. The third-order valence-electron chi connectivity index (χ3n) is 6.79. The van der Waals surface area contributed by atoms with Crippen LogP contribution >= 0.6 is 0 Å². The molecule has 2 aromatic heterocycles. The van der Waals surface area contributed by atoms with E-state index < -0.39 is 15.9 Å². The highest BCUT2D eigenvalue weighted by molar-refractivity contribution is 7.88. The molecule has 2 fully saturated rings. The van der Waals surface area contributed by atoms with Crippen LogP contribution in [0.4, 0.5) is 17.2 Å². The molecule has 2 aliphatic rings. The number of nitrogens with one attached hydrogen (secondary N) is 3. The van der Waals surface area contributed by atoms with Gasteiger partial charge < -0.3 is 25.2 Å². The number of hydrogen-bond acceptors (Lipinski definition) is 12. The minimum Gasteiger partial charge on any atom is -0.494 e. The fraction of sp³-hybridized carbons (Fsp3) is 0.440. The van der Waals surface area contributed by atoms with Crippen molar-refractivity contribution in [2.45, 2.75) is 19.4 Å². The number of nitrogens with zero attached hydrogens (tertiary/aromatic N) is 6. The molecule has 0 spiro atoms. The monoisotopic (exact) mass is 585 g/mol. The Balaban J connectivity index is 1.36. The van der Waals surface area contributed by atoms with Gasteiger partial charge in [-0.3, -0.25) is 14.5 Å². The van der Waals surface area contributed by atoms with Crippen molar-refractivity contribution >= 4 is 39.0 Å². The number of sulfonamides is 1. The Bertz CT molecular complexity index is 1550. The van der Waals surface area contributed by atoms with E-state index >= 15 is 0 Å². The molecule has 16 heteroatoms. The van der Waals surface area contributed by atoms with Gasteiger partial charge in [-0.15, -0.1) is 10.2 Å². The molecular formula is C25H31N9O6S. The molecule has 15 nitrogen and oxygen atoms in total. The number of carbonyl (C=O) groups excluding carboxylic acids is 2. The predicted molar refractivity (Wildman–Crippen MR) is 148 cm³/mol. The van der Waals surface area contributed by atoms with Crippen LogP contribution in [0.25, 0.3) is 11.5 Å². The fourth-order valence-electron chi connectivity index (χ4n) is 4.42. The number of para-hydroxylation sites is 1. The Labute approximate surface area is 236 Å². The Morgan fingerprint density at radius 3 is 2.54 bits per heavy atom. The van der Waals surface area contributed by atoms with Crippen molar-refractivity contribution < 1.29 is 27.3 Å². The summed E-state index contributed by atoms with van der Waals surface area (Å²) >= 11 is 0. The highest BCUT2D eigenvalue weighted by Crippen LogP contribution is 2.38. The van der Waals surface area contributed by atoms with Crippen LogP contribution in [0.5, 0.6) is 5.75 Å². The zero-order valence-corrected chi connectivity index (χ0v) is 23.7. The predicted octanol–water partition coefficient (Wildman–Crippen LogP) is 1.06. The number of piperazine rings is 1. The lowest BCUT2D eigenvalue weighted by Crippen LogP contribution is -2.47. The van der Waals surface area contributed by atoms with E-state index in [1.807, 2.05) is 0 Å². The molecule has 0 unspecified atom stereocenters. The van der Waals surface area contributed by atoms with E-state index in [0.717, 1.165) is 12.8 Å². The normalized spacial score (nSPS) is 16.3. The highest BCUT2D eigenvalue weighted by Gasteiger charge is 2.30. The second-order valence-electron chi connectivity index (χ2n) is 9.80. The topological polar surface area (TPSA) is 185 Å². The maximum atomic E-state index is 12.5. The molecular weight excluding hydrogens is 554 g/mol. The van der Waals surface area contributed by atoms with Gasteiger partial charge in [0.15, 0.2) is 23.1 Å². The number of hydrogen-bond donors (Lipinski definition) is 3. The van der Waals surface area contributed by atoms with Crippen LogP contribution in [-0.2, 0) is 21.4 Å². The number of carbonyl (C=O) groups is 2. The number of benzene rings is 1. The minimum atomic E-state index is -3.22. The lowest BCUT2D eigenvalue weighted by molar-refractivity contribution is -0.117. The van der Waals surface area contributed by atoms with Crippen molar-refractivity contribution in [3.05, 3.63) is 35.8 Å². The molecule has 1 saturated carbocycles. The summed E-state index contributed by atoms with van der Waals surface area (Å²) < 4.78 is 36.2. The van der Waals surface area contributed by atoms with Gasteiger partial charge in [-0.25, -0.2) is 8.42 Å². The Hall–Kier alpha value is -4.15. The lowest BCUT2D eigenvalue weighted by Gasteiger charge is -2.32. The summed E-state index contributed by atoms with van der Waals surface area (Å²) in [4.78, 5) is 31.4. The first-order chi connectivity index (χ1) is 19.7. The molecule has 218 valence electrons. The summed E-state index contributed by atoms with van der Waals surface area (Å²) in [6, 6.07) is 6.81. The van der Waals surface area contributed by atoms with Crippen LogP contribution in [0.2, 0.25) is 0 Å². The van der Waals surface area contributed by atoms with Crippen LogP contribution < -0.4 is 20.7 Å². The average molecular weight is 586 g/mol. The van der Waals surface area contributed by atoms with Gasteiger partial charge in [0.2, 0.25) is 15.9 Å².